The fraction of sp³-hybridized carbons (Fsp3) is 0.250. The number of hydrogen-bond acceptors (Lipinski definition) is 4. The summed E-state index contributed by atoms with van der Waals surface area (Å²) in [5, 5.41) is 14.6. The van der Waals surface area contributed by atoms with Gasteiger partial charge in [0.2, 0.25) is 4.77 Å². The fourth-order valence-corrected chi connectivity index (χ4v) is 1.24. The molecule has 2 aromatic heterocycles. The Kier molecular flexibility index (Phi) is 2.46. The van der Waals surface area contributed by atoms with Crippen molar-refractivity contribution >= 4 is 18.4 Å². The molecule has 0 saturated heterocycles. The van der Waals surface area contributed by atoms with Gasteiger partial charge in [-0.15, -0.1) is 0 Å². The van der Waals surface area contributed by atoms with E-state index >= 15 is 0 Å². The van der Waals surface area contributed by atoms with E-state index in [9.17, 15) is 0 Å². The van der Waals surface area contributed by atoms with Crippen LogP contribution in [0.25, 0.3) is 0 Å². The van der Waals surface area contributed by atoms with E-state index in [1.807, 2.05) is 14.0 Å². The molecule has 0 amide bonds. The van der Waals surface area contributed by atoms with Crippen molar-refractivity contribution in [2.24, 2.45) is 12.1 Å². The van der Waals surface area contributed by atoms with E-state index in [0.29, 0.717) is 4.77 Å². The van der Waals surface area contributed by atoms with Crippen LogP contribution in [0.5, 0.6) is 0 Å². The quantitative estimate of drug-likeness (QED) is 0.605. The molecule has 0 aliphatic heterocycles. The monoisotopic (exact) mass is 222 g/mol. The molecular weight excluding hydrogens is 212 g/mol. The lowest BCUT2D eigenvalue weighted by molar-refractivity contribution is 0.740. The maximum atomic E-state index is 4.95. The van der Waals surface area contributed by atoms with E-state index in [1.165, 1.54) is 11.0 Å². The number of aromatic amines is 1. The predicted molar refractivity (Wildman–Crippen MR) is 58.3 cm³/mol. The molecule has 7 heteroatoms. The lowest BCUT2D eigenvalue weighted by atomic mass is 10.3. The van der Waals surface area contributed by atoms with Gasteiger partial charge in [-0.1, -0.05) is 0 Å². The smallest absolute Gasteiger partial charge is 0.216 e. The number of nitrogens with zero attached hydrogens (tertiary/aromatic N) is 5. The molecule has 0 bridgehead atoms. The highest BCUT2D eigenvalue weighted by Crippen LogP contribution is 2.02. The molecule has 2 heterocycles. The van der Waals surface area contributed by atoms with E-state index in [-0.39, 0.29) is 0 Å². The molecule has 0 atom stereocenters. The first kappa shape index (κ1) is 9.78. The van der Waals surface area contributed by atoms with E-state index in [0.717, 1.165) is 11.3 Å². The molecule has 0 spiro atoms. The zero-order valence-corrected chi connectivity index (χ0v) is 9.19. The van der Waals surface area contributed by atoms with Crippen molar-refractivity contribution in [1.82, 2.24) is 24.7 Å². The Morgan fingerprint density at radius 2 is 2.40 bits per heavy atom. The van der Waals surface area contributed by atoms with E-state index in [4.69, 9.17) is 12.2 Å². The summed E-state index contributed by atoms with van der Waals surface area (Å²) in [5.41, 5.74) is 2.01. The van der Waals surface area contributed by atoms with Gasteiger partial charge in [0.25, 0.3) is 0 Å². The van der Waals surface area contributed by atoms with Gasteiger partial charge >= 0.3 is 0 Å². The summed E-state index contributed by atoms with van der Waals surface area (Å²) >= 11 is 4.95. The molecule has 15 heavy (non-hydrogen) atoms. The SMILES string of the molecule is Cc1c(/C=N\n2cn[nH]c2=S)cnn1C. The number of aromatic nitrogens is 5. The molecule has 78 valence electrons. The summed E-state index contributed by atoms with van der Waals surface area (Å²) in [6.45, 7) is 1.98. The van der Waals surface area contributed by atoms with Crippen LogP contribution >= 0.6 is 12.2 Å². The number of rotatable bonds is 2. The Hall–Kier alpha value is -1.76. The summed E-state index contributed by atoms with van der Waals surface area (Å²) in [7, 11) is 1.89. The van der Waals surface area contributed by atoms with E-state index < -0.39 is 0 Å². The minimum Gasteiger partial charge on any atom is -0.272 e. The van der Waals surface area contributed by atoms with Gasteiger partial charge in [-0.25, -0.2) is 0 Å². The summed E-state index contributed by atoms with van der Waals surface area (Å²) in [6, 6.07) is 0. The second kappa shape index (κ2) is 3.77. The third-order valence-electron chi connectivity index (χ3n) is 2.13. The second-order valence-electron chi connectivity index (χ2n) is 3.06. The maximum Gasteiger partial charge on any atom is 0.216 e. The van der Waals surface area contributed by atoms with Crippen LogP contribution in [0.3, 0.4) is 0 Å². The number of H-pyrrole nitrogens is 1. The Bertz CT molecular complexity index is 545. The zero-order chi connectivity index (χ0) is 10.8. The molecule has 0 aliphatic rings. The predicted octanol–water partition coefficient (Wildman–Crippen LogP) is 0.865. The standard InChI is InChI=1S/C8H10N6S/c1-6-7(3-10-13(6)2)4-11-14-5-9-12-8(14)15/h3-5H,1-2H3,(H,12,15)/b11-4-. The van der Waals surface area contributed by atoms with Crippen molar-refractivity contribution in [3.8, 4) is 0 Å². The van der Waals surface area contributed by atoms with Crippen LogP contribution < -0.4 is 0 Å². The molecule has 0 unspecified atom stereocenters. The molecular formula is C8H10N6S. The second-order valence-corrected chi connectivity index (χ2v) is 3.45. The third-order valence-corrected chi connectivity index (χ3v) is 2.41. The van der Waals surface area contributed by atoms with Crippen LogP contribution in [0.4, 0.5) is 0 Å². The van der Waals surface area contributed by atoms with Crippen LogP contribution in [0.1, 0.15) is 11.3 Å². The van der Waals surface area contributed by atoms with Crippen LogP contribution in [-0.4, -0.2) is 30.9 Å². The number of aryl methyl sites for hydroxylation is 1. The normalized spacial score (nSPS) is 11.3. The van der Waals surface area contributed by atoms with Gasteiger partial charge in [0.05, 0.1) is 12.4 Å². The van der Waals surface area contributed by atoms with Gasteiger partial charge in [-0.05, 0) is 19.1 Å². The zero-order valence-electron chi connectivity index (χ0n) is 8.38. The lowest BCUT2D eigenvalue weighted by Crippen LogP contribution is -1.94. The minimum absolute atomic E-state index is 0.466. The average molecular weight is 222 g/mol. The molecule has 0 aliphatic carbocycles. The molecule has 0 saturated carbocycles. The Balaban J connectivity index is 2.30. The molecule has 6 nitrogen and oxygen atoms in total. The van der Waals surface area contributed by atoms with Crippen molar-refractivity contribution < 1.29 is 0 Å². The highest BCUT2D eigenvalue weighted by Gasteiger charge is 1.99. The van der Waals surface area contributed by atoms with Gasteiger partial charge in [0.1, 0.15) is 6.33 Å². The first-order valence-corrected chi connectivity index (χ1v) is 4.74. The summed E-state index contributed by atoms with van der Waals surface area (Å²) < 4.78 is 3.74. The van der Waals surface area contributed by atoms with Crippen LogP contribution in [0.2, 0.25) is 0 Å². The van der Waals surface area contributed by atoms with Crippen molar-refractivity contribution in [3.63, 3.8) is 0 Å². The van der Waals surface area contributed by atoms with Gasteiger partial charge in [0, 0.05) is 18.3 Å². The van der Waals surface area contributed by atoms with Gasteiger partial charge in [-0.3, -0.25) is 9.78 Å². The van der Waals surface area contributed by atoms with Crippen molar-refractivity contribution in [2.45, 2.75) is 6.92 Å². The Morgan fingerprint density at radius 1 is 1.60 bits per heavy atom. The highest BCUT2D eigenvalue weighted by molar-refractivity contribution is 7.71. The Labute approximate surface area is 91.2 Å². The number of nitrogens with one attached hydrogen (secondary N) is 1. The highest BCUT2D eigenvalue weighted by atomic mass is 32.1. The molecule has 2 rings (SSSR count). The molecule has 1 N–H and O–H groups in total. The van der Waals surface area contributed by atoms with Gasteiger partial charge < -0.3 is 0 Å². The summed E-state index contributed by atoms with van der Waals surface area (Å²) in [4.78, 5) is 0. The topological polar surface area (TPSA) is 63.8 Å². The van der Waals surface area contributed by atoms with Crippen LogP contribution in [0, 0.1) is 11.7 Å². The van der Waals surface area contributed by atoms with Gasteiger partial charge in [0.15, 0.2) is 0 Å². The lowest BCUT2D eigenvalue weighted by Gasteiger charge is -1.93. The van der Waals surface area contributed by atoms with E-state index in [1.54, 1.807) is 17.1 Å². The first-order chi connectivity index (χ1) is 7.18. The minimum atomic E-state index is 0.466. The largest absolute Gasteiger partial charge is 0.272 e. The van der Waals surface area contributed by atoms with E-state index in [2.05, 4.69) is 20.4 Å². The fourth-order valence-electron chi connectivity index (χ4n) is 1.09. The average Bonchev–Trinajstić information content (AvgIpc) is 2.74. The van der Waals surface area contributed by atoms with Crippen molar-refractivity contribution in [1.29, 1.82) is 0 Å². The third kappa shape index (κ3) is 1.86. The molecule has 2 aromatic rings. The van der Waals surface area contributed by atoms with Crippen LogP contribution in [-0.2, 0) is 7.05 Å². The molecule has 0 aromatic carbocycles. The Morgan fingerprint density at radius 3 is 2.93 bits per heavy atom. The molecule has 0 fully saturated rings. The first-order valence-electron chi connectivity index (χ1n) is 4.33. The number of hydrogen-bond donors (Lipinski definition) is 1. The van der Waals surface area contributed by atoms with Gasteiger partial charge in [-0.2, -0.15) is 20.0 Å². The van der Waals surface area contributed by atoms with Crippen molar-refractivity contribution in [3.05, 3.63) is 28.6 Å². The molecule has 0 radical (unpaired) electrons. The maximum absolute atomic E-state index is 4.95. The van der Waals surface area contributed by atoms with Crippen LogP contribution in [0.15, 0.2) is 17.6 Å². The summed E-state index contributed by atoms with van der Waals surface area (Å²) in [6.07, 6.45) is 4.97. The summed E-state index contributed by atoms with van der Waals surface area (Å²) in [5.74, 6) is 0. The van der Waals surface area contributed by atoms with Crippen molar-refractivity contribution in [2.75, 3.05) is 0 Å².